The Labute approximate surface area is 151 Å². The highest BCUT2D eigenvalue weighted by Crippen LogP contribution is 2.34. The Kier molecular flexibility index (Phi) is 3.85. The van der Waals surface area contributed by atoms with Gasteiger partial charge in [0.15, 0.2) is 16.8 Å². The predicted octanol–water partition coefficient (Wildman–Crippen LogP) is 4.01. The maximum absolute atomic E-state index is 14.0. The summed E-state index contributed by atoms with van der Waals surface area (Å²) >= 11 is 4.33. The van der Waals surface area contributed by atoms with Gasteiger partial charge in [-0.15, -0.1) is 27.7 Å². The van der Waals surface area contributed by atoms with Gasteiger partial charge in [-0.3, -0.25) is 4.57 Å². The Hall–Kier alpha value is -3.33. The summed E-state index contributed by atoms with van der Waals surface area (Å²) in [6.07, 6.45) is 0. The van der Waals surface area contributed by atoms with Gasteiger partial charge in [0.2, 0.25) is 11.7 Å². The van der Waals surface area contributed by atoms with Crippen molar-refractivity contribution in [2.24, 2.45) is 5.18 Å². The third kappa shape index (κ3) is 2.49. The van der Waals surface area contributed by atoms with Crippen LogP contribution in [0.25, 0.3) is 27.8 Å². The van der Waals surface area contributed by atoms with Gasteiger partial charge in [0, 0.05) is 5.39 Å². The smallest absolute Gasteiger partial charge is 0.235 e. The number of aromatic hydroxyl groups is 1. The number of thiol groups is 1. The third-order valence-electron chi connectivity index (χ3n) is 3.92. The number of hydrogen-bond donors (Lipinski definition) is 2. The lowest BCUT2D eigenvalue weighted by molar-refractivity contribution is 0.452. The summed E-state index contributed by atoms with van der Waals surface area (Å²) in [4.78, 5) is 14.0. The molecule has 0 radical (unpaired) electrons. The number of nitroso groups, excluding NO2 is 1. The minimum absolute atomic E-state index is 0.0318. The van der Waals surface area contributed by atoms with E-state index < -0.39 is 17.5 Å². The van der Waals surface area contributed by atoms with Crippen LogP contribution in [0.2, 0.25) is 0 Å². The van der Waals surface area contributed by atoms with E-state index in [9.17, 15) is 14.4 Å². The monoisotopic (exact) mass is 367 g/mol. The first-order chi connectivity index (χ1) is 12.6. The number of pyridine rings is 1. The van der Waals surface area contributed by atoms with Crippen LogP contribution < -0.4 is 0 Å². The minimum Gasteiger partial charge on any atom is -0.493 e. The molecule has 0 aliphatic heterocycles. The standard InChI is InChI=1S/C17H10FN5O2S/c18-12-8-11(16(24)19-14(12)22-25)15-20-21-17(26)23(15)13-7-3-5-9-4-1-2-6-10(9)13/h1-8H,(H,19,24)(H,21,26). The summed E-state index contributed by atoms with van der Waals surface area (Å²) in [5, 5.41) is 22.6. The van der Waals surface area contributed by atoms with E-state index in [0.717, 1.165) is 16.8 Å². The first kappa shape index (κ1) is 16.2. The first-order valence-electron chi connectivity index (χ1n) is 7.46. The van der Waals surface area contributed by atoms with Crippen LogP contribution in [0.3, 0.4) is 0 Å². The zero-order chi connectivity index (χ0) is 18.3. The molecular formula is C17H10FN5O2S. The molecule has 0 spiro atoms. The summed E-state index contributed by atoms with van der Waals surface area (Å²) in [5.41, 5.74) is 0.668. The first-order valence-corrected chi connectivity index (χ1v) is 7.90. The fourth-order valence-corrected chi connectivity index (χ4v) is 3.02. The molecule has 0 saturated heterocycles. The maximum atomic E-state index is 14.0. The van der Waals surface area contributed by atoms with Crippen LogP contribution in [0.1, 0.15) is 0 Å². The number of rotatable bonds is 3. The molecule has 7 nitrogen and oxygen atoms in total. The van der Waals surface area contributed by atoms with Gasteiger partial charge in [-0.2, -0.15) is 4.98 Å². The van der Waals surface area contributed by atoms with Gasteiger partial charge in [0.1, 0.15) is 0 Å². The molecule has 1 N–H and O–H groups in total. The van der Waals surface area contributed by atoms with E-state index >= 15 is 0 Å². The van der Waals surface area contributed by atoms with Crippen molar-refractivity contribution < 1.29 is 9.50 Å². The number of fused-ring (bicyclic) bond motifs is 1. The lowest BCUT2D eigenvalue weighted by Crippen LogP contribution is -2.00. The van der Waals surface area contributed by atoms with Crippen molar-refractivity contribution in [2.45, 2.75) is 5.16 Å². The number of aromatic nitrogens is 4. The molecule has 4 aromatic rings. The van der Waals surface area contributed by atoms with Crippen LogP contribution in [-0.4, -0.2) is 24.9 Å². The number of halogens is 1. The molecule has 0 aliphatic rings. The van der Waals surface area contributed by atoms with Gasteiger partial charge in [0.05, 0.1) is 11.3 Å². The molecular weight excluding hydrogens is 357 g/mol. The second kappa shape index (κ2) is 6.19. The van der Waals surface area contributed by atoms with E-state index in [-0.39, 0.29) is 16.5 Å². The van der Waals surface area contributed by atoms with Gasteiger partial charge in [-0.05, 0) is 22.7 Å². The molecule has 2 aromatic heterocycles. The van der Waals surface area contributed by atoms with Crippen molar-refractivity contribution in [1.82, 2.24) is 19.7 Å². The van der Waals surface area contributed by atoms with E-state index in [1.165, 1.54) is 0 Å². The van der Waals surface area contributed by atoms with Gasteiger partial charge in [-0.25, -0.2) is 4.39 Å². The SMILES string of the molecule is O=Nc1nc(O)c(-c2nnc(S)n2-c2cccc3ccccc23)cc1F. The fraction of sp³-hybridized carbons (Fsp3) is 0. The van der Waals surface area contributed by atoms with Crippen LogP contribution in [0, 0.1) is 10.7 Å². The van der Waals surface area contributed by atoms with E-state index in [4.69, 9.17) is 0 Å². The summed E-state index contributed by atoms with van der Waals surface area (Å²) in [5.74, 6) is -2.15. The van der Waals surface area contributed by atoms with Crippen molar-refractivity contribution in [1.29, 1.82) is 0 Å². The lowest BCUT2D eigenvalue weighted by Gasteiger charge is -2.12. The Bertz CT molecular complexity index is 1160. The van der Waals surface area contributed by atoms with Crippen molar-refractivity contribution >= 4 is 29.2 Å². The molecule has 26 heavy (non-hydrogen) atoms. The van der Waals surface area contributed by atoms with Gasteiger partial charge in [0.25, 0.3) is 0 Å². The predicted molar refractivity (Wildman–Crippen MR) is 96.4 cm³/mol. The zero-order valence-electron chi connectivity index (χ0n) is 13.0. The lowest BCUT2D eigenvalue weighted by atomic mass is 10.1. The highest BCUT2D eigenvalue weighted by Gasteiger charge is 2.21. The van der Waals surface area contributed by atoms with Crippen molar-refractivity contribution in [3.63, 3.8) is 0 Å². The zero-order valence-corrected chi connectivity index (χ0v) is 13.9. The topological polar surface area (TPSA) is 93.3 Å². The van der Waals surface area contributed by atoms with Crippen molar-refractivity contribution in [3.8, 4) is 23.0 Å². The van der Waals surface area contributed by atoms with E-state index in [1.807, 2.05) is 42.5 Å². The van der Waals surface area contributed by atoms with Gasteiger partial charge >= 0.3 is 0 Å². The summed E-state index contributed by atoms with van der Waals surface area (Å²) in [6, 6.07) is 14.2. The fourth-order valence-electron chi connectivity index (χ4n) is 2.77. The summed E-state index contributed by atoms with van der Waals surface area (Å²) < 4.78 is 15.5. The van der Waals surface area contributed by atoms with E-state index in [0.29, 0.717) is 5.69 Å². The normalized spacial score (nSPS) is 11.0. The van der Waals surface area contributed by atoms with Gasteiger partial charge in [-0.1, -0.05) is 36.4 Å². The molecule has 128 valence electrons. The van der Waals surface area contributed by atoms with Crippen LogP contribution in [-0.2, 0) is 0 Å². The second-order valence-electron chi connectivity index (χ2n) is 5.41. The summed E-state index contributed by atoms with van der Waals surface area (Å²) in [6.45, 7) is 0. The number of benzene rings is 2. The minimum atomic E-state index is -0.971. The largest absolute Gasteiger partial charge is 0.493 e. The Morgan fingerprint density at radius 2 is 1.88 bits per heavy atom. The Morgan fingerprint density at radius 3 is 2.69 bits per heavy atom. The molecule has 2 aromatic carbocycles. The molecule has 0 aliphatic carbocycles. The van der Waals surface area contributed by atoms with Crippen molar-refractivity contribution in [2.75, 3.05) is 0 Å². The second-order valence-corrected chi connectivity index (χ2v) is 5.81. The quantitative estimate of drug-likeness (QED) is 0.421. The average Bonchev–Trinajstić information content (AvgIpc) is 3.03. The van der Waals surface area contributed by atoms with E-state index in [2.05, 4.69) is 33.0 Å². The average molecular weight is 367 g/mol. The molecule has 9 heteroatoms. The molecule has 2 heterocycles. The molecule has 0 amide bonds. The Balaban J connectivity index is 2.01. The summed E-state index contributed by atoms with van der Waals surface area (Å²) in [7, 11) is 0. The van der Waals surface area contributed by atoms with E-state index in [1.54, 1.807) is 4.57 Å². The number of hydrogen-bond acceptors (Lipinski definition) is 7. The molecule has 0 atom stereocenters. The molecule has 0 unspecified atom stereocenters. The van der Waals surface area contributed by atoms with Crippen LogP contribution >= 0.6 is 12.6 Å². The van der Waals surface area contributed by atoms with Gasteiger partial charge < -0.3 is 5.11 Å². The highest BCUT2D eigenvalue weighted by atomic mass is 32.1. The molecule has 0 bridgehead atoms. The van der Waals surface area contributed by atoms with Crippen molar-refractivity contribution in [3.05, 3.63) is 59.3 Å². The highest BCUT2D eigenvalue weighted by molar-refractivity contribution is 7.80. The van der Waals surface area contributed by atoms with Crippen LogP contribution in [0.5, 0.6) is 5.88 Å². The third-order valence-corrected chi connectivity index (χ3v) is 4.21. The maximum Gasteiger partial charge on any atom is 0.235 e. The van der Waals surface area contributed by atoms with Crippen LogP contribution in [0.4, 0.5) is 10.2 Å². The van der Waals surface area contributed by atoms with Crippen LogP contribution in [0.15, 0.2) is 58.9 Å². The number of nitrogens with zero attached hydrogens (tertiary/aromatic N) is 5. The molecule has 0 fully saturated rings. The Morgan fingerprint density at radius 1 is 1.12 bits per heavy atom. The molecule has 4 rings (SSSR count). The molecule has 0 saturated carbocycles.